The average molecular weight is 543 g/mol. The predicted molar refractivity (Wildman–Crippen MR) is 127 cm³/mol. The van der Waals surface area contributed by atoms with Gasteiger partial charge in [0.15, 0.2) is 11.5 Å². The summed E-state index contributed by atoms with van der Waals surface area (Å²) < 4.78 is 26.2. The first-order chi connectivity index (χ1) is 15.4. The Hall–Kier alpha value is -3.45. The van der Waals surface area contributed by atoms with E-state index in [0.717, 1.165) is 15.2 Å². The molecule has 3 aromatic carbocycles. The van der Waals surface area contributed by atoms with Crippen LogP contribution in [0.5, 0.6) is 11.5 Å². The molecule has 3 rings (SSSR count). The molecule has 0 aliphatic carbocycles. The molecule has 3 aromatic rings. The van der Waals surface area contributed by atoms with Gasteiger partial charge in [0.2, 0.25) is 0 Å². The zero-order valence-electron chi connectivity index (χ0n) is 17.4. The molecular formula is C24H19FIN3O3. The SMILES string of the molecule is COc1cc(/C=N\NC(=O)c2ccc(C#N)cc2F)cc(I)c1OCc1ccc(C)cc1. The Bertz CT molecular complexity index is 1200. The molecule has 0 fully saturated rings. The molecule has 0 saturated heterocycles. The van der Waals surface area contributed by atoms with E-state index in [2.05, 4.69) is 33.1 Å². The van der Waals surface area contributed by atoms with Gasteiger partial charge in [0.05, 0.1) is 34.1 Å². The molecular weight excluding hydrogens is 524 g/mol. The van der Waals surface area contributed by atoms with Crippen LogP contribution in [-0.2, 0) is 6.61 Å². The fourth-order valence-electron chi connectivity index (χ4n) is 2.79. The van der Waals surface area contributed by atoms with Crippen molar-refractivity contribution in [1.29, 1.82) is 5.26 Å². The minimum Gasteiger partial charge on any atom is -0.493 e. The molecule has 0 unspecified atom stereocenters. The van der Waals surface area contributed by atoms with Gasteiger partial charge in [-0.1, -0.05) is 29.8 Å². The number of nitrogens with zero attached hydrogens (tertiary/aromatic N) is 2. The van der Waals surface area contributed by atoms with Crippen LogP contribution in [0.3, 0.4) is 0 Å². The van der Waals surface area contributed by atoms with Crippen LogP contribution in [0, 0.1) is 27.6 Å². The number of ether oxygens (including phenoxy) is 2. The third-order valence-electron chi connectivity index (χ3n) is 4.48. The summed E-state index contributed by atoms with van der Waals surface area (Å²) in [4.78, 5) is 12.1. The summed E-state index contributed by atoms with van der Waals surface area (Å²) in [5.41, 5.74) is 5.09. The van der Waals surface area contributed by atoms with Gasteiger partial charge in [0.25, 0.3) is 5.91 Å². The molecule has 0 atom stereocenters. The second-order valence-electron chi connectivity index (χ2n) is 6.81. The van der Waals surface area contributed by atoms with E-state index < -0.39 is 11.7 Å². The van der Waals surface area contributed by atoms with E-state index in [4.69, 9.17) is 14.7 Å². The van der Waals surface area contributed by atoms with E-state index in [9.17, 15) is 9.18 Å². The third-order valence-corrected chi connectivity index (χ3v) is 5.28. The fraction of sp³-hybridized carbons (Fsp3) is 0.125. The summed E-state index contributed by atoms with van der Waals surface area (Å²) in [5, 5.41) is 12.7. The molecule has 162 valence electrons. The normalized spacial score (nSPS) is 10.6. The van der Waals surface area contributed by atoms with Crippen molar-refractivity contribution in [2.45, 2.75) is 13.5 Å². The fourth-order valence-corrected chi connectivity index (χ4v) is 3.57. The van der Waals surface area contributed by atoms with Gasteiger partial charge >= 0.3 is 0 Å². The maximum Gasteiger partial charge on any atom is 0.274 e. The van der Waals surface area contributed by atoms with Crippen molar-refractivity contribution < 1.29 is 18.7 Å². The number of hydrogen-bond donors (Lipinski definition) is 1. The lowest BCUT2D eigenvalue weighted by Gasteiger charge is -2.13. The molecule has 0 radical (unpaired) electrons. The van der Waals surface area contributed by atoms with Gasteiger partial charge < -0.3 is 9.47 Å². The van der Waals surface area contributed by atoms with Gasteiger partial charge in [-0.25, -0.2) is 9.82 Å². The number of hydrazone groups is 1. The largest absolute Gasteiger partial charge is 0.493 e. The molecule has 1 amide bonds. The van der Waals surface area contributed by atoms with Crippen LogP contribution in [-0.4, -0.2) is 19.2 Å². The van der Waals surface area contributed by atoms with Crippen molar-refractivity contribution in [2.24, 2.45) is 5.10 Å². The van der Waals surface area contributed by atoms with Crippen LogP contribution >= 0.6 is 22.6 Å². The van der Waals surface area contributed by atoms with Crippen molar-refractivity contribution in [3.8, 4) is 17.6 Å². The Balaban J connectivity index is 1.69. The molecule has 8 heteroatoms. The molecule has 0 aliphatic rings. The van der Waals surface area contributed by atoms with Crippen LogP contribution < -0.4 is 14.9 Å². The van der Waals surface area contributed by atoms with Gasteiger partial charge in [-0.05, 0) is 71.0 Å². The number of nitriles is 1. The van der Waals surface area contributed by atoms with E-state index in [1.807, 2.05) is 43.3 Å². The van der Waals surface area contributed by atoms with Gasteiger partial charge in [-0.2, -0.15) is 10.4 Å². The van der Waals surface area contributed by atoms with E-state index in [-0.39, 0.29) is 11.1 Å². The minimum atomic E-state index is -0.789. The van der Waals surface area contributed by atoms with Crippen molar-refractivity contribution >= 4 is 34.7 Å². The maximum absolute atomic E-state index is 14.0. The molecule has 0 heterocycles. The highest BCUT2D eigenvalue weighted by atomic mass is 127. The number of amides is 1. The monoisotopic (exact) mass is 543 g/mol. The molecule has 0 aliphatic heterocycles. The first-order valence-electron chi connectivity index (χ1n) is 9.50. The second-order valence-corrected chi connectivity index (χ2v) is 7.98. The molecule has 0 bridgehead atoms. The zero-order valence-corrected chi connectivity index (χ0v) is 19.5. The number of hydrogen-bond acceptors (Lipinski definition) is 5. The number of carbonyl (C=O) groups excluding carboxylic acids is 1. The Morgan fingerprint density at radius 2 is 1.97 bits per heavy atom. The molecule has 0 saturated carbocycles. The van der Waals surface area contributed by atoms with Crippen LogP contribution in [0.2, 0.25) is 0 Å². The van der Waals surface area contributed by atoms with E-state index in [0.29, 0.717) is 23.7 Å². The zero-order chi connectivity index (χ0) is 23.1. The molecule has 0 spiro atoms. The molecule has 32 heavy (non-hydrogen) atoms. The number of benzene rings is 3. The van der Waals surface area contributed by atoms with E-state index >= 15 is 0 Å². The highest BCUT2D eigenvalue weighted by Crippen LogP contribution is 2.34. The first-order valence-corrected chi connectivity index (χ1v) is 10.6. The highest BCUT2D eigenvalue weighted by Gasteiger charge is 2.13. The Morgan fingerprint density at radius 3 is 2.62 bits per heavy atom. The second kappa shape index (κ2) is 10.7. The van der Waals surface area contributed by atoms with Crippen molar-refractivity contribution in [1.82, 2.24) is 5.43 Å². The number of methoxy groups -OCH3 is 1. The predicted octanol–water partition coefficient (Wildman–Crippen LogP) is 4.96. The Labute approximate surface area is 198 Å². The van der Waals surface area contributed by atoms with Crippen LogP contribution in [0.4, 0.5) is 4.39 Å². The Morgan fingerprint density at radius 1 is 1.22 bits per heavy atom. The lowest BCUT2D eigenvalue weighted by molar-refractivity contribution is 0.0951. The number of nitrogens with one attached hydrogen (secondary N) is 1. The lowest BCUT2D eigenvalue weighted by Crippen LogP contribution is -2.19. The Kier molecular flexibility index (Phi) is 7.78. The van der Waals surface area contributed by atoms with E-state index in [1.165, 1.54) is 23.9 Å². The smallest absolute Gasteiger partial charge is 0.274 e. The minimum absolute atomic E-state index is 0.133. The summed E-state index contributed by atoms with van der Waals surface area (Å²) in [6, 6.07) is 17.0. The maximum atomic E-state index is 14.0. The van der Waals surface area contributed by atoms with Crippen LogP contribution in [0.1, 0.15) is 32.6 Å². The summed E-state index contributed by atoms with van der Waals surface area (Å²) in [7, 11) is 1.54. The number of rotatable bonds is 7. The summed E-state index contributed by atoms with van der Waals surface area (Å²) in [6.45, 7) is 2.42. The lowest BCUT2D eigenvalue weighted by atomic mass is 10.1. The first kappa shape index (κ1) is 23.2. The van der Waals surface area contributed by atoms with Gasteiger partial charge in [0.1, 0.15) is 12.4 Å². The number of halogens is 2. The highest BCUT2D eigenvalue weighted by molar-refractivity contribution is 14.1. The van der Waals surface area contributed by atoms with Gasteiger partial charge in [-0.3, -0.25) is 4.79 Å². The topological polar surface area (TPSA) is 83.7 Å². The molecule has 6 nitrogen and oxygen atoms in total. The summed E-state index contributed by atoms with van der Waals surface area (Å²) in [5.74, 6) is -0.379. The number of aryl methyl sites for hydroxylation is 1. The summed E-state index contributed by atoms with van der Waals surface area (Å²) >= 11 is 2.14. The van der Waals surface area contributed by atoms with Crippen molar-refractivity contribution in [3.63, 3.8) is 0 Å². The standard InChI is InChI=1S/C24H19FIN3O3/c1-15-3-5-16(6-4-15)14-32-23-21(26)10-18(11-22(23)31-2)13-28-29-24(30)19-8-7-17(12-27)9-20(19)25/h3-11,13H,14H2,1-2H3,(H,29,30)/b28-13-. The van der Waals surface area contributed by atoms with Gasteiger partial charge in [0, 0.05) is 0 Å². The van der Waals surface area contributed by atoms with Crippen molar-refractivity contribution in [3.05, 3.63) is 91.8 Å². The summed E-state index contributed by atoms with van der Waals surface area (Å²) in [6.07, 6.45) is 1.42. The third kappa shape index (κ3) is 5.82. The van der Waals surface area contributed by atoms with Crippen molar-refractivity contribution in [2.75, 3.05) is 7.11 Å². The molecule has 1 N–H and O–H groups in total. The molecule has 0 aromatic heterocycles. The average Bonchev–Trinajstić information content (AvgIpc) is 2.78. The number of carbonyl (C=O) groups is 1. The van der Waals surface area contributed by atoms with Crippen LogP contribution in [0.15, 0.2) is 59.7 Å². The quantitative estimate of drug-likeness (QED) is 0.260. The van der Waals surface area contributed by atoms with E-state index in [1.54, 1.807) is 13.2 Å². The van der Waals surface area contributed by atoms with Gasteiger partial charge in [-0.15, -0.1) is 0 Å². The van der Waals surface area contributed by atoms with Crippen LogP contribution in [0.25, 0.3) is 0 Å².